The van der Waals surface area contributed by atoms with Gasteiger partial charge in [0, 0.05) is 13.1 Å². The van der Waals surface area contributed by atoms with Crippen LogP contribution >= 0.6 is 0 Å². The number of rotatable bonds is 6. The van der Waals surface area contributed by atoms with Gasteiger partial charge in [0.05, 0.1) is 13.1 Å². The normalized spacial score (nSPS) is 17.4. The van der Waals surface area contributed by atoms with Crippen LogP contribution in [0.25, 0.3) is 0 Å². The molecule has 1 aliphatic rings. The van der Waals surface area contributed by atoms with Gasteiger partial charge in [-0.1, -0.05) is 12.1 Å². The first-order chi connectivity index (χ1) is 10.1. The number of aliphatic hydroxyl groups excluding tert-OH is 1. The predicted molar refractivity (Wildman–Crippen MR) is 75.4 cm³/mol. The van der Waals surface area contributed by atoms with Gasteiger partial charge < -0.3 is 15.6 Å². The summed E-state index contributed by atoms with van der Waals surface area (Å²) < 4.78 is 5.49. The zero-order valence-electron chi connectivity index (χ0n) is 11.6. The van der Waals surface area contributed by atoms with E-state index in [1.807, 2.05) is 18.2 Å². The van der Waals surface area contributed by atoms with Gasteiger partial charge in [-0.05, 0) is 17.7 Å². The van der Waals surface area contributed by atoms with Crippen molar-refractivity contribution in [1.29, 1.82) is 0 Å². The van der Waals surface area contributed by atoms with Crippen molar-refractivity contribution < 1.29 is 19.4 Å². The maximum atomic E-state index is 11.2. The van der Waals surface area contributed by atoms with Gasteiger partial charge in [0.1, 0.15) is 18.5 Å². The first kappa shape index (κ1) is 15.4. The standard InChI is InChI=1S/C14H19N3O4/c15-5-10-2-1-3-12(4-10)21-9-11(18)6-17-7-13(19)16-14(20)8-17/h1-4,11,18H,5-9,15H2,(H,16,19,20). The van der Waals surface area contributed by atoms with Crippen molar-refractivity contribution in [3.63, 3.8) is 0 Å². The molecule has 2 rings (SSSR count). The number of hydrogen-bond donors (Lipinski definition) is 3. The van der Waals surface area contributed by atoms with Crippen LogP contribution in [0, 0.1) is 0 Å². The fraction of sp³-hybridized carbons (Fsp3) is 0.429. The number of hydrogen-bond acceptors (Lipinski definition) is 6. The van der Waals surface area contributed by atoms with E-state index in [0.29, 0.717) is 12.3 Å². The Morgan fingerprint density at radius 3 is 2.71 bits per heavy atom. The SMILES string of the molecule is NCc1cccc(OCC(O)CN2CC(=O)NC(=O)C2)c1. The molecular weight excluding hydrogens is 274 g/mol. The minimum Gasteiger partial charge on any atom is -0.491 e. The van der Waals surface area contributed by atoms with Gasteiger partial charge in [0.2, 0.25) is 11.8 Å². The summed E-state index contributed by atoms with van der Waals surface area (Å²) in [5.74, 6) is -0.0745. The molecule has 0 spiro atoms. The van der Waals surface area contributed by atoms with Crippen LogP contribution in [-0.2, 0) is 16.1 Å². The van der Waals surface area contributed by atoms with Crippen LogP contribution in [0.5, 0.6) is 5.75 Å². The van der Waals surface area contributed by atoms with Gasteiger partial charge >= 0.3 is 0 Å². The fourth-order valence-corrected chi connectivity index (χ4v) is 2.13. The number of amides is 2. The lowest BCUT2D eigenvalue weighted by atomic mass is 10.2. The Hall–Kier alpha value is -1.96. The highest BCUT2D eigenvalue weighted by atomic mass is 16.5. The Labute approximate surface area is 122 Å². The number of benzene rings is 1. The largest absolute Gasteiger partial charge is 0.491 e. The number of piperazine rings is 1. The van der Waals surface area contributed by atoms with Crippen LogP contribution in [0.3, 0.4) is 0 Å². The molecule has 7 heteroatoms. The molecular formula is C14H19N3O4. The Bertz CT molecular complexity index is 505. The Balaban J connectivity index is 1.80. The number of aliphatic hydroxyl groups is 1. The number of nitrogens with one attached hydrogen (secondary N) is 1. The quantitative estimate of drug-likeness (QED) is 0.572. The van der Waals surface area contributed by atoms with E-state index in [2.05, 4.69) is 5.32 Å². The van der Waals surface area contributed by atoms with Gasteiger partial charge in [-0.2, -0.15) is 0 Å². The lowest BCUT2D eigenvalue weighted by Crippen LogP contribution is -2.53. The number of nitrogens with zero attached hydrogens (tertiary/aromatic N) is 1. The van der Waals surface area contributed by atoms with E-state index < -0.39 is 6.10 Å². The molecule has 7 nitrogen and oxygen atoms in total. The Morgan fingerprint density at radius 2 is 2.05 bits per heavy atom. The van der Waals surface area contributed by atoms with Crippen molar-refractivity contribution in [2.45, 2.75) is 12.6 Å². The van der Waals surface area contributed by atoms with Crippen LogP contribution in [0.1, 0.15) is 5.56 Å². The first-order valence-electron chi connectivity index (χ1n) is 6.71. The molecule has 1 heterocycles. The summed E-state index contributed by atoms with van der Waals surface area (Å²) >= 11 is 0. The topological polar surface area (TPSA) is 105 Å². The van der Waals surface area contributed by atoms with Gasteiger partial charge in [-0.15, -0.1) is 0 Å². The molecule has 1 atom stereocenters. The zero-order chi connectivity index (χ0) is 15.2. The summed E-state index contributed by atoms with van der Waals surface area (Å²) in [5.41, 5.74) is 6.49. The number of imide groups is 1. The highest BCUT2D eigenvalue weighted by Crippen LogP contribution is 2.13. The van der Waals surface area contributed by atoms with Crippen molar-refractivity contribution in [3.05, 3.63) is 29.8 Å². The fourth-order valence-electron chi connectivity index (χ4n) is 2.13. The van der Waals surface area contributed by atoms with E-state index >= 15 is 0 Å². The van der Waals surface area contributed by atoms with E-state index in [4.69, 9.17) is 10.5 Å². The molecule has 0 aliphatic carbocycles. The van der Waals surface area contributed by atoms with E-state index in [9.17, 15) is 14.7 Å². The first-order valence-corrected chi connectivity index (χ1v) is 6.71. The smallest absolute Gasteiger partial charge is 0.240 e. The highest BCUT2D eigenvalue weighted by molar-refractivity contribution is 5.99. The molecule has 0 saturated carbocycles. The number of carbonyl (C=O) groups is 2. The van der Waals surface area contributed by atoms with Gasteiger partial charge in [0.15, 0.2) is 0 Å². The van der Waals surface area contributed by atoms with Crippen LogP contribution < -0.4 is 15.8 Å². The van der Waals surface area contributed by atoms with Gasteiger partial charge in [-0.25, -0.2) is 0 Å². The molecule has 114 valence electrons. The maximum absolute atomic E-state index is 11.2. The average molecular weight is 293 g/mol. The predicted octanol–water partition coefficient (Wildman–Crippen LogP) is -1.16. The third kappa shape index (κ3) is 4.82. The molecule has 0 radical (unpaired) electrons. The molecule has 1 aromatic rings. The molecule has 1 aliphatic heterocycles. The summed E-state index contributed by atoms with van der Waals surface area (Å²) in [4.78, 5) is 24.0. The van der Waals surface area contributed by atoms with Crippen LogP contribution in [0.4, 0.5) is 0 Å². The summed E-state index contributed by atoms with van der Waals surface area (Å²) in [7, 11) is 0. The molecule has 0 bridgehead atoms. The monoisotopic (exact) mass is 293 g/mol. The van der Waals surface area contributed by atoms with Crippen molar-refractivity contribution in [1.82, 2.24) is 10.2 Å². The van der Waals surface area contributed by atoms with E-state index in [-0.39, 0.29) is 38.1 Å². The third-order valence-electron chi connectivity index (χ3n) is 3.06. The third-order valence-corrected chi connectivity index (χ3v) is 3.06. The molecule has 1 unspecified atom stereocenters. The molecule has 2 amide bonds. The van der Waals surface area contributed by atoms with Crippen LogP contribution in [0.15, 0.2) is 24.3 Å². The number of ether oxygens (including phenoxy) is 1. The van der Waals surface area contributed by atoms with Crippen molar-refractivity contribution in [2.24, 2.45) is 5.73 Å². The minimum absolute atomic E-state index is 0.0837. The second-order valence-corrected chi connectivity index (χ2v) is 4.96. The molecule has 0 aromatic heterocycles. The van der Waals surface area contributed by atoms with Gasteiger partial charge in [-0.3, -0.25) is 19.8 Å². The Morgan fingerprint density at radius 1 is 1.33 bits per heavy atom. The van der Waals surface area contributed by atoms with E-state index in [1.165, 1.54) is 0 Å². The minimum atomic E-state index is -0.787. The van der Waals surface area contributed by atoms with Crippen LogP contribution in [0.2, 0.25) is 0 Å². The van der Waals surface area contributed by atoms with Crippen molar-refractivity contribution in [3.8, 4) is 5.75 Å². The maximum Gasteiger partial charge on any atom is 0.240 e. The summed E-state index contributed by atoms with van der Waals surface area (Å²) in [5, 5.41) is 12.1. The lowest BCUT2D eigenvalue weighted by Gasteiger charge is -2.27. The van der Waals surface area contributed by atoms with E-state index in [1.54, 1.807) is 11.0 Å². The lowest BCUT2D eigenvalue weighted by molar-refractivity contribution is -0.136. The highest BCUT2D eigenvalue weighted by Gasteiger charge is 2.24. The molecule has 1 saturated heterocycles. The molecule has 1 aromatic carbocycles. The summed E-state index contributed by atoms with van der Waals surface area (Å²) in [6.45, 7) is 0.914. The van der Waals surface area contributed by atoms with Crippen LogP contribution in [-0.4, -0.2) is 54.2 Å². The second kappa shape index (κ2) is 7.16. The Kier molecular flexibility index (Phi) is 5.26. The van der Waals surface area contributed by atoms with E-state index in [0.717, 1.165) is 5.56 Å². The number of carbonyl (C=O) groups excluding carboxylic acids is 2. The second-order valence-electron chi connectivity index (χ2n) is 4.96. The summed E-state index contributed by atoms with van der Waals surface area (Å²) in [6, 6.07) is 7.31. The number of nitrogens with two attached hydrogens (primary N) is 1. The van der Waals surface area contributed by atoms with Crippen molar-refractivity contribution in [2.75, 3.05) is 26.2 Å². The molecule has 21 heavy (non-hydrogen) atoms. The number of β-amino-alcohol motifs (C(OH)–C–C–N with tert-alkyl or cyclic N) is 1. The van der Waals surface area contributed by atoms with Gasteiger partial charge in [0.25, 0.3) is 0 Å². The zero-order valence-corrected chi connectivity index (χ0v) is 11.6. The average Bonchev–Trinajstić information content (AvgIpc) is 2.44. The summed E-state index contributed by atoms with van der Waals surface area (Å²) in [6.07, 6.45) is -0.787. The molecule has 4 N–H and O–H groups in total. The molecule has 1 fully saturated rings. The van der Waals surface area contributed by atoms with Crippen molar-refractivity contribution >= 4 is 11.8 Å².